The Hall–Kier alpha value is -2.25. The minimum absolute atomic E-state index is 0.106. The summed E-state index contributed by atoms with van der Waals surface area (Å²) in [5.41, 5.74) is 1.78. The van der Waals surface area contributed by atoms with Crippen molar-refractivity contribution in [1.29, 1.82) is 0 Å². The molecule has 0 amide bonds. The normalized spacial score (nSPS) is 11.2. The third kappa shape index (κ3) is 4.43. The highest BCUT2D eigenvalue weighted by molar-refractivity contribution is 7.89. The lowest BCUT2D eigenvalue weighted by molar-refractivity contribution is 0.323. The van der Waals surface area contributed by atoms with Crippen molar-refractivity contribution in [2.75, 3.05) is 21.3 Å². The second kappa shape index (κ2) is 8.22. The maximum absolute atomic E-state index is 12.4. The van der Waals surface area contributed by atoms with E-state index in [9.17, 15) is 8.42 Å². The van der Waals surface area contributed by atoms with Crippen molar-refractivity contribution in [3.8, 4) is 17.2 Å². The molecule has 0 bridgehead atoms. The van der Waals surface area contributed by atoms with Crippen LogP contribution in [0.25, 0.3) is 0 Å². The first kappa shape index (κ1) is 19.1. The largest absolute Gasteiger partial charge is 0.493 e. The zero-order chi connectivity index (χ0) is 18.4. The summed E-state index contributed by atoms with van der Waals surface area (Å²) < 4.78 is 43.3. The molecule has 0 radical (unpaired) electrons. The van der Waals surface area contributed by atoms with Gasteiger partial charge in [-0.15, -0.1) is 0 Å². The molecule has 2 aromatic rings. The van der Waals surface area contributed by atoms with Crippen LogP contribution in [0.5, 0.6) is 17.2 Å². The van der Waals surface area contributed by atoms with Crippen LogP contribution in [0.4, 0.5) is 0 Å². The molecule has 7 heteroatoms. The molecule has 0 heterocycles. The number of benzene rings is 2. The van der Waals surface area contributed by atoms with E-state index < -0.39 is 10.0 Å². The lowest BCUT2D eigenvalue weighted by atomic mass is 10.2. The Bertz CT molecular complexity index is 791. The topological polar surface area (TPSA) is 73.9 Å². The first-order valence-corrected chi connectivity index (χ1v) is 9.31. The van der Waals surface area contributed by atoms with Gasteiger partial charge in [0, 0.05) is 6.54 Å². The van der Waals surface area contributed by atoms with E-state index >= 15 is 0 Å². The average Bonchev–Trinajstić information content (AvgIpc) is 2.65. The smallest absolute Gasteiger partial charge is 0.240 e. The fraction of sp³-hybridized carbons (Fsp3) is 0.333. The zero-order valence-corrected chi connectivity index (χ0v) is 15.6. The number of ether oxygens (including phenoxy) is 3. The van der Waals surface area contributed by atoms with Crippen LogP contribution in [0.3, 0.4) is 0 Å². The quantitative estimate of drug-likeness (QED) is 0.779. The van der Waals surface area contributed by atoms with E-state index in [1.54, 1.807) is 24.3 Å². The summed E-state index contributed by atoms with van der Waals surface area (Å²) in [6.45, 7) is 2.13. The molecule has 0 atom stereocenters. The predicted octanol–water partition coefficient (Wildman–Crippen LogP) is 2.75. The van der Waals surface area contributed by atoms with Gasteiger partial charge in [-0.3, -0.25) is 0 Å². The van der Waals surface area contributed by atoms with Crippen LogP contribution in [0.2, 0.25) is 0 Å². The number of nitrogens with one attached hydrogen (secondary N) is 1. The number of methoxy groups -OCH3 is 3. The van der Waals surface area contributed by atoms with Crippen molar-refractivity contribution in [2.24, 2.45) is 0 Å². The van der Waals surface area contributed by atoms with Gasteiger partial charge in [0.25, 0.3) is 0 Å². The molecular formula is C18H23NO5S. The minimum atomic E-state index is -3.60. The van der Waals surface area contributed by atoms with Gasteiger partial charge in [0.1, 0.15) is 0 Å². The van der Waals surface area contributed by atoms with Crippen LogP contribution < -0.4 is 18.9 Å². The Morgan fingerprint density at radius 3 is 1.88 bits per heavy atom. The third-order valence-corrected chi connectivity index (χ3v) is 5.25. The molecule has 2 aromatic carbocycles. The molecule has 0 aromatic heterocycles. The van der Waals surface area contributed by atoms with E-state index in [0.717, 1.165) is 12.0 Å². The molecule has 0 saturated heterocycles. The second-order valence-corrected chi connectivity index (χ2v) is 7.12. The summed E-state index contributed by atoms with van der Waals surface area (Å²) in [5.74, 6) is 1.42. The predicted molar refractivity (Wildman–Crippen MR) is 95.9 cm³/mol. The zero-order valence-electron chi connectivity index (χ0n) is 14.8. The molecule has 0 aliphatic heterocycles. The molecule has 6 nitrogen and oxygen atoms in total. The van der Waals surface area contributed by atoms with Gasteiger partial charge in [0.05, 0.1) is 26.2 Å². The van der Waals surface area contributed by atoms with Crippen LogP contribution >= 0.6 is 0 Å². The maximum Gasteiger partial charge on any atom is 0.240 e. The van der Waals surface area contributed by atoms with Crippen molar-refractivity contribution in [3.05, 3.63) is 47.5 Å². The highest BCUT2D eigenvalue weighted by atomic mass is 32.2. The first-order valence-electron chi connectivity index (χ1n) is 7.82. The van der Waals surface area contributed by atoms with Crippen LogP contribution in [0.1, 0.15) is 18.1 Å². The van der Waals surface area contributed by atoms with E-state index in [0.29, 0.717) is 22.8 Å². The van der Waals surface area contributed by atoms with E-state index in [1.807, 2.05) is 19.1 Å². The summed E-state index contributed by atoms with van der Waals surface area (Å²) in [5, 5.41) is 0. The number of hydrogen-bond acceptors (Lipinski definition) is 5. The van der Waals surface area contributed by atoms with Crippen LogP contribution in [-0.2, 0) is 23.0 Å². The molecule has 2 rings (SSSR count). The summed E-state index contributed by atoms with van der Waals surface area (Å²) in [7, 11) is 0.944. The molecule has 1 N–H and O–H groups in total. The van der Waals surface area contributed by atoms with E-state index in [-0.39, 0.29) is 11.4 Å². The lowest BCUT2D eigenvalue weighted by Gasteiger charge is -2.14. The van der Waals surface area contributed by atoms with Gasteiger partial charge in [-0.25, -0.2) is 13.1 Å². The van der Waals surface area contributed by atoms with Gasteiger partial charge in [0.2, 0.25) is 15.8 Å². The number of aryl methyl sites for hydroxylation is 1. The Morgan fingerprint density at radius 2 is 1.44 bits per heavy atom. The summed E-state index contributed by atoms with van der Waals surface area (Å²) in [6, 6.07) is 10.3. The standard InChI is InChI=1S/C18H23NO5S/c1-5-13-6-8-15(9-7-13)25(20,21)19-12-14-10-16(22-2)18(24-4)17(11-14)23-3/h6-11,19H,5,12H2,1-4H3. The van der Waals surface area contributed by atoms with Crippen molar-refractivity contribution < 1.29 is 22.6 Å². The van der Waals surface area contributed by atoms with Gasteiger partial charge in [-0.2, -0.15) is 0 Å². The van der Waals surface area contributed by atoms with Crippen molar-refractivity contribution in [2.45, 2.75) is 24.8 Å². The van der Waals surface area contributed by atoms with E-state index in [1.165, 1.54) is 21.3 Å². The SMILES string of the molecule is CCc1ccc(S(=O)(=O)NCc2cc(OC)c(OC)c(OC)c2)cc1. The Kier molecular flexibility index (Phi) is 6.27. The van der Waals surface area contributed by atoms with Gasteiger partial charge in [0.15, 0.2) is 11.5 Å². The van der Waals surface area contributed by atoms with Crippen molar-refractivity contribution >= 4 is 10.0 Å². The molecule has 0 saturated carbocycles. The van der Waals surface area contributed by atoms with Gasteiger partial charge in [-0.05, 0) is 41.8 Å². The van der Waals surface area contributed by atoms with Crippen molar-refractivity contribution in [1.82, 2.24) is 4.72 Å². The summed E-state index contributed by atoms with van der Waals surface area (Å²) >= 11 is 0. The summed E-state index contributed by atoms with van der Waals surface area (Å²) in [6.07, 6.45) is 0.860. The number of hydrogen-bond donors (Lipinski definition) is 1. The van der Waals surface area contributed by atoms with E-state index in [4.69, 9.17) is 14.2 Å². The van der Waals surface area contributed by atoms with E-state index in [2.05, 4.69) is 4.72 Å². The lowest BCUT2D eigenvalue weighted by Crippen LogP contribution is -2.23. The van der Waals surface area contributed by atoms with Crippen molar-refractivity contribution in [3.63, 3.8) is 0 Å². The fourth-order valence-electron chi connectivity index (χ4n) is 2.40. The fourth-order valence-corrected chi connectivity index (χ4v) is 3.42. The highest BCUT2D eigenvalue weighted by Crippen LogP contribution is 2.38. The van der Waals surface area contributed by atoms with Crippen LogP contribution in [-0.4, -0.2) is 29.7 Å². The highest BCUT2D eigenvalue weighted by Gasteiger charge is 2.16. The average molecular weight is 365 g/mol. The van der Waals surface area contributed by atoms with Gasteiger partial charge in [-0.1, -0.05) is 19.1 Å². The molecule has 136 valence electrons. The Labute approximate surface area is 148 Å². The number of rotatable bonds is 8. The molecule has 0 unspecified atom stereocenters. The number of sulfonamides is 1. The maximum atomic E-state index is 12.4. The molecular weight excluding hydrogens is 342 g/mol. The summed E-state index contributed by atoms with van der Waals surface area (Å²) in [4.78, 5) is 0.233. The van der Waals surface area contributed by atoms with Crippen LogP contribution in [0, 0.1) is 0 Å². The first-order chi connectivity index (χ1) is 11.9. The monoisotopic (exact) mass is 365 g/mol. The molecule has 0 aliphatic carbocycles. The van der Waals surface area contributed by atoms with Gasteiger partial charge >= 0.3 is 0 Å². The second-order valence-electron chi connectivity index (χ2n) is 5.36. The minimum Gasteiger partial charge on any atom is -0.493 e. The molecule has 25 heavy (non-hydrogen) atoms. The molecule has 0 fully saturated rings. The van der Waals surface area contributed by atoms with Crippen LogP contribution in [0.15, 0.2) is 41.3 Å². The van der Waals surface area contributed by atoms with Gasteiger partial charge < -0.3 is 14.2 Å². The molecule has 0 aliphatic rings. The third-order valence-electron chi connectivity index (χ3n) is 3.83. The molecule has 0 spiro atoms. The Balaban J connectivity index is 2.21. The Morgan fingerprint density at radius 1 is 0.880 bits per heavy atom.